The number of thioether (sulfide) groups is 2. The van der Waals surface area contributed by atoms with E-state index >= 15 is 0 Å². The maximum Gasteiger partial charge on any atom is 0.418 e. The molecule has 0 aromatic heterocycles. The fourth-order valence-electron chi connectivity index (χ4n) is 1.14. The van der Waals surface area contributed by atoms with Gasteiger partial charge in [0.25, 0.3) is 0 Å². The monoisotopic (exact) mass is 283 g/mol. The molecule has 17 heavy (non-hydrogen) atoms. The molecule has 1 aromatic carbocycles. The van der Waals surface area contributed by atoms with Crippen molar-refractivity contribution in [2.24, 2.45) is 0 Å². The lowest BCUT2D eigenvalue weighted by atomic mass is 10.1. The second kappa shape index (κ2) is 7.76. The van der Waals surface area contributed by atoms with Gasteiger partial charge in [0, 0.05) is 11.4 Å². The molecule has 0 unspecified atom stereocenters. The van der Waals surface area contributed by atoms with Gasteiger partial charge in [-0.2, -0.15) is 36.7 Å². The predicted molar refractivity (Wildman–Crippen MR) is 72.5 cm³/mol. The number of nitrogen functional groups attached to an aromatic ring is 1. The molecular formula is C11H16F3NS2. The minimum Gasteiger partial charge on any atom is -0.398 e. The highest BCUT2D eigenvalue weighted by Crippen LogP contribution is 2.35. The van der Waals surface area contributed by atoms with E-state index in [-0.39, 0.29) is 5.69 Å². The third-order valence-electron chi connectivity index (χ3n) is 1.80. The first-order valence-corrected chi connectivity index (χ1v) is 7.74. The van der Waals surface area contributed by atoms with E-state index in [2.05, 4.69) is 0 Å². The summed E-state index contributed by atoms with van der Waals surface area (Å²) in [6, 6.07) is 3.99. The van der Waals surface area contributed by atoms with Crippen LogP contribution < -0.4 is 5.73 Å². The zero-order valence-corrected chi connectivity index (χ0v) is 11.6. The normalized spacial score (nSPS) is 10.7. The van der Waals surface area contributed by atoms with Crippen LogP contribution in [0.3, 0.4) is 0 Å². The van der Waals surface area contributed by atoms with Crippen molar-refractivity contribution in [1.29, 1.82) is 0 Å². The summed E-state index contributed by atoms with van der Waals surface area (Å²) in [4.78, 5) is 0. The quantitative estimate of drug-likeness (QED) is 0.826. The van der Waals surface area contributed by atoms with Crippen molar-refractivity contribution in [1.82, 2.24) is 0 Å². The molecular weight excluding hydrogens is 267 g/mol. The maximum absolute atomic E-state index is 12.4. The fraction of sp³-hybridized carbons (Fsp3) is 0.455. The second-order valence-electron chi connectivity index (χ2n) is 3.22. The summed E-state index contributed by atoms with van der Waals surface area (Å²) in [6.45, 7) is 0. The molecule has 1 aromatic rings. The van der Waals surface area contributed by atoms with Crippen molar-refractivity contribution < 1.29 is 13.2 Å². The molecule has 0 aliphatic carbocycles. The van der Waals surface area contributed by atoms with Crippen LogP contribution in [0.1, 0.15) is 11.1 Å². The van der Waals surface area contributed by atoms with E-state index < -0.39 is 11.7 Å². The molecule has 0 saturated heterocycles. The van der Waals surface area contributed by atoms with Crippen LogP contribution in [0.5, 0.6) is 0 Å². The molecule has 0 heterocycles. The Balaban J connectivity index is 0.000000770. The fourth-order valence-corrected chi connectivity index (χ4v) is 1.70. The summed E-state index contributed by atoms with van der Waals surface area (Å²) in [5, 5.41) is 0. The number of nitrogens with two attached hydrogens (primary N) is 1. The highest BCUT2D eigenvalue weighted by molar-refractivity contribution is 7.98. The van der Waals surface area contributed by atoms with Gasteiger partial charge in [-0.25, -0.2) is 0 Å². The first-order valence-electron chi connectivity index (χ1n) is 4.72. The molecule has 2 N–H and O–H groups in total. The summed E-state index contributed by atoms with van der Waals surface area (Å²) in [7, 11) is 0. The first-order chi connectivity index (χ1) is 7.88. The standard InChI is InChI=1S/C9H10F3NS.C2H6S/c1-14-5-6-3-2-4-7(8(6)13)9(10,11)12;1-3-2/h2-4H,5,13H2,1H3;1-2H3. The van der Waals surface area contributed by atoms with Gasteiger partial charge in [0.2, 0.25) is 0 Å². The first kappa shape index (κ1) is 16.5. The van der Waals surface area contributed by atoms with Gasteiger partial charge in [-0.05, 0) is 30.4 Å². The SMILES string of the molecule is CSC.CSCc1cccc(C(F)(F)F)c1N. The summed E-state index contributed by atoms with van der Waals surface area (Å²) in [6.07, 6.45) is 1.54. The van der Waals surface area contributed by atoms with Crippen molar-refractivity contribution >= 4 is 29.2 Å². The Bertz CT molecular complexity index is 340. The van der Waals surface area contributed by atoms with Crippen LogP contribution in [0, 0.1) is 0 Å². The summed E-state index contributed by atoms with van der Waals surface area (Å²) in [5.74, 6) is 0.496. The Morgan fingerprint density at radius 1 is 1.18 bits per heavy atom. The summed E-state index contributed by atoms with van der Waals surface area (Å²) >= 11 is 3.19. The highest BCUT2D eigenvalue weighted by atomic mass is 32.2. The molecule has 0 atom stereocenters. The number of benzene rings is 1. The zero-order valence-electron chi connectivity index (χ0n) is 9.97. The third-order valence-corrected chi connectivity index (χ3v) is 2.40. The highest BCUT2D eigenvalue weighted by Gasteiger charge is 2.33. The van der Waals surface area contributed by atoms with Crippen molar-refractivity contribution in [3.05, 3.63) is 29.3 Å². The molecule has 0 aliphatic heterocycles. The van der Waals surface area contributed by atoms with Crippen LogP contribution in [0.4, 0.5) is 18.9 Å². The molecule has 0 radical (unpaired) electrons. The molecule has 0 amide bonds. The molecule has 1 rings (SSSR count). The van der Waals surface area contributed by atoms with Crippen molar-refractivity contribution in [2.75, 3.05) is 24.5 Å². The van der Waals surface area contributed by atoms with Gasteiger partial charge in [-0.3, -0.25) is 0 Å². The molecule has 6 heteroatoms. The van der Waals surface area contributed by atoms with Gasteiger partial charge in [-0.15, -0.1) is 0 Å². The molecule has 98 valence electrons. The van der Waals surface area contributed by atoms with Crippen LogP contribution >= 0.6 is 23.5 Å². The molecule has 0 spiro atoms. The smallest absolute Gasteiger partial charge is 0.398 e. The van der Waals surface area contributed by atoms with E-state index in [0.717, 1.165) is 6.07 Å². The van der Waals surface area contributed by atoms with Gasteiger partial charge in [0.1, 0.15) is 0 Å². The Kier molecular flexibility index (Phi) is 7.54. The van der Waals surface area contributed by atoms with E-state index in [0.29, 0.717) is 11.3 Å². The molecule has 1 nitrogen and oxygen atoms in total. The van der Waals surface area contributed by atoms with Gasteiger partial charge >= 0.3 is 6.18 Å². The van der Waals surface area contributed by atoms with Crippen molar-refractivity contribution in [3.63, 3.8) is 0 Å². The Morgan fingerprint density at radius 3 is 2.12 bits per heavy atom. The van der Waals surface area contributed by atoms with Crippen molar-refractivity contribution in [2.45, 2.75) is 11.9 Å². The van der Waals surface area contributed by atoms with Gasteiger partial charge in [0.05, 0.1) is 5.56 Å². The lowest BCUT2D eigenvalue weighted by Gasteiger charge is -2.12. The molecule has 0 saturated carbocycles. The number of alkyl halides is 3. The van der Waals surface area contributed by atoms with Crippen LogP contribution in [-0.4, -0.2) is 18.8 Å². The van der Waals surface area contributed by atoms with Crippen LogP contribution in [0.15, 0.2) is 18.2 Å². The van der Waals surface area contributed by atoms with E-state index in [1.165, 1.54) is 17.8 Å². The van der Waals surface area contributed by atoms with E-state index in [4.69, 9.17) is 5.73 Å². The Hall–Kier alpha value is -0.490. The second-order valence-corrected chi connectivity index (χ2v) is 4.90. The van der Waals surface area contributed by atoms with Crippen LogP contribution in [0.2, 0.25) is 0 Å². The molecule has 0 bridgehead atoms. The van der Waals surface area contributed by atoms with Crippen molar-refractivity contribution in [3.8, 4) is 0 Å². The van der Waals surface area contributed by atoms with Gasteiger partial charge in [-0.1, -0.05) is 12.1 Å². The van der Waals surface area contributed by atoms with E-state index in [9.17, 15) is 13.2 Å². The zero-order chi connectivity index (χ0) is 13.5. The minimum atomic E-state index is -4.36. The van der Waals surface area contributed by atoms with E-state index in [1.807, 2.05) is 18.8 Å². The third kappa shape index (κ3) is 5.59. The topological polar surface area (TPSA) is 26.0 Å². The molecule has 0 aliphatic rings. The number of para-hydroxylation sites is 1. The number of halogens is 3. The largest absolute Gasteiger partial charge is 0.418 e. The Morgan fingerprint density at radius 2 is 1.71 bits per heavy atom. The minimum absolute atomic E-state index is 0.158. The van der Waals surface area contributed by atoms with E-state index in [1.54, 1.807) is 17.8 Å². The summed E-state index contributed by atoms with van der Waals surface area (Å²) < 4.78 is 37.1. The van der Waals surface area contributed by atoms with Gasteiger partial charge < -0.3 is 5.73 Å². The Labute approximate surface area is 108 Å². The van der Waals surface area contributed by atoms with Crippen LogP contribution in [0.25, 0.3) is 0 Å². The lowest BCUT2D eigenvalue weighted by molar-refractivity contribution is -0.136. The summed E-state index contributed by atoms with van der Waals surface area (Å²) in [5.41, 5.74) is 5.05. The average molecular weight is 283 g/mol. The average Bonchev–Trinajstić information content (AvgIpc) is 2.21. The molecule has 0 fully saturated rings. The van der Waals surface area contributed by atoms with Crippen LogP contribution in [-0.2, 0) is 11.9 Å². The maximum atomic E-state index is 12.4. The van der Waals surface area contributed by atoms with Gasteiger partial charge in [0.15, 0.2) is 0 Å². The lowest BCUT2D eigenvalue weighted by Crippen LogP contribution is -2.10. The number of hydrogen-bond acceptors (Lipinski definition) is 3. The number of hydrogen-bond donors (Lipinski definition) is 1. The number of anilines is 1. The predicted octanol–water partition coefficient (Wildman–Crippen LogP) is 4.13. The number of rotatable bonds is 2.